The Kier molecular flexibility index (Phi) is 64.3. The molecule has 458 valence electrons. The normalized spacial score (nSPS) is 12.8. The zero-order valence-corrected chi connectivity index (χ0v) is 52.6. The fourth-order valence-electron chi connectivity index (χ4n) is 9.41. The average molecular weight is 1110 g/mol. The highest BCUT2D eigenvalue weighted by Crippen LogP contribution is 2.16. The SMILES string of the molecule is CC/C=C\C/C=C\C/C=C\C/C=C\C/C=C\C/C=C\CCCCCCCCCCCCC(=O)OCC(COC(=O)CCCCCCC/C=C\C/C=C\CCCCC)OC(=O)CCCCCCCCC/C=C\CCCCCCCCC. The Labute approximate surface area is 495 Å². The number of unbranched alkanes of at least 4 members (excludes halogenated alkanes) is 32. The molecule has 1 unspecified atom stereocenters. The minimum absolute atomic E-state index is 0.0861. The predicted molar refractivity (Wildman–Crippen MR) is 348 cm³/mol. The summed E-state index contributed by atoms with van der Waals surface area (Å²) in [6.07, 6.45) is 92.4. The molecule has 0 aromatic rings. The second kappa shape index (κ2) is 67.6. The lowest BCUT2D eigenvalue weighted by Crippen LogP contribution is -2.30. The van der Waals surface area contributed by atoms with E-state index >= 15 is 0 Å². The van der Waals surface area contributed by atoms with E-state index < -0.39 is 6.10 Å². The highest BCUT2D eigenvalue weighted by molar-refractivity contribution is 5.71. The van der Waals surface area contributed by atoms with Gasteiger partial charge in [-0.15, -0.1) is 0 Å². The van der Waals surface area contributed by atoms with E-state index in [0.29, 0.717) is 19.3 Å². The van der Waals surface area contributed by atoms with Crippen molar-refractivity contribution < 1.29 is 28.6 Å². The highest BCUT2D eigenvalue weighted by atomic mass is 16.6. The van der Waals surface area contributed by atoms with Crippen LogP contribution in [0, 0.1) is 0 Å². The van der Waals surface area contributed by atoms with Gasteiger partial charge in [0.1, 0.15) is 13.2 Å². The van der Waals surface area contributed by atoms with Gasteiger partial charge >= 0.3 is 17.9 Å². The number of hydrogen-bond donors (Lipinski definition) is 0. The molecule has 0 saturated carbocycles. The van der Waals surface area contributed by atoms with Gasteiger partial charge in [0, 0.05) is 19.3 Å². The molecule has 0 aromatic heterocycles. The van der Waals surface area contributed by atoms with Crippen LogP contribution >= 0.6 is 0 Å². The van der Waals surface area contributed by atoms with E-state index in [1.807, 2.05) is 0 Å². The average Bonchev–Trinajstić information content (AvgIpc) is 3.46. The molecule has 6 nitrogen and oxygen atoms in total. The first kappa shape index (κ1) is 76.1. The van der Waals surface area contributed by atoms with Crippen LogP contribution in [0.3, 0.4) is 0 Å². The first-order valence-corrected chi connectivity index (χ1v) is 33.9. The second-order valence-electron chi connectivity index (χ2n) is 22.3. The van der Waals surface area contributed by atoms with Crippen molar-refractivity contribution in [3.63, 3.8) is 0 Å². The summed E-state index contributed by atoms with van der Waals surface area (Å²) < 4.78 is 16.9. The Balaban J connectivity index is 4.33. The third-order valence-electron chi connectivity index (χ3n) is 14.5. The van der Waals surface area contributed by atoms with Crippen LogP contribution in [0.5, 0.6) is 0 Å². The maximum Gasteiger partial charge on any atom is 0.306 e. The van der Waals surface area contributed by atoms with Gasteiger partial charge in [-0.1, -0.05) is 284 Å². The van der Waals surface area contributed by atoms with Crippen LogP contribution in [0.25, 0.3) is 0 Å². The van der Waals surface area contributed by atoms with Crippen molar-refractivity contribution in [2.75, 3.05) is 13.2 Å². The third-order valence-corrected chi connectivity index (χ3v) is 14.5. The van der Waals surface area contributed by atoms with E-state index in [9.17, 15) is 14.4 Å². The number of ether oxygens (including phenoxy) is 3. The van der Waals surface area contributed by atoms with Gasteiger partial charge in [0.05, 0.1) is 0 Å². The Morgan fingerprint density at radius 1 is 0.263 bits per heavy atom. The molecule has 0 aliphatic carbocycles. The van der Waals surface area contributed by atoms with Crippen LogP contribution in [0.2, 0.25) is 0 Å². The lowest BCUT2D eigenvalue weighted by atomic mass is 10.1. The van der Waals surface area contributed by atoms with Gasteiger partial charge in [-0.2, -0.15) is 0 Å². The Hall–Kier alpha value is -3.93. The maximum atomic E-state index is 12.9. The lowest BCUT2D eigenvalue weighted by Gasteiger charge is -2.18. The van der Waals surface area contributed by atoms with E-state index in [1.54, 1.807) is 0 Å². The molecule has 0 saturated heterocycles. The number of allylic oxidation sites excluding steroid dienone is 18. The van der Waals surface area contributed by atoms with Gasteiger partial charge in [-0.3, -0.25) is 14.4 Å². The molecule has 0 aromatic carbocycles. The largest absolute Gasteiger partial charge is 0.462 e. The highest BCUT2D eigenvalue weighted by Gasteiger charge is 2.19. The Morgan fingerprint density at radius 2 is 0.487 bits per heavy atom. The molecule has 6 heteroatoms. The summed E-state index contributed by atoms with van der Waals surface area (Å²) in [7, 11) is 0. The van der Waals surface area contributed by atoms with E-state index in [-0.39, 0.29) is 31.1 Å². The number of carbonyl (C=O) groups excluding carboxylic acids is 3. The fourth-order valence-corrected chi connectivity index (χ4v) is 9.41. The van der Waals surface area contributed by atoms with Crippen molar-refractivity contribution in [1.82, 2.24) is 0 Å². The van der Waals surface area contributed by atoms with Crippen LogP contribution < -0.4 is 0 Å². The maximum absolute atomic E-state index is 12.9. The van der Waals surface area contributed by atoms with Gasteiger partial charge in [-0.05, 0) is 128 Å². The van der Waals surface area contributed by atoms with E-state index in [2.05, 4.69) is 130 Å². The first-order chi connectivity index (χ1) is 39.5. The number of rotatable bonds is 61. The molecule has 1 atom stereocenters. The zero-order valence-electron chi connectivity index (χ0n) is 52.6. The molecule has 0 amide bonds. The second-order valence-corrected chi connectivity index (χ2v) is 22.3. The molecular weight excluding hydrogens is 985 g/mol. The Bertz CT molecular complexity index is 1610. The molecule has 80 heavy (non-hydrogen) atoms. The molecule has 0 radical (unpaired) electrons. The number of esters is 3. The molecule has 0 aliphatic rings. The van der Waals surface area contributed by atoms with Crippen LogP contribution in [-0.4, -0.2) is 37.2 Å². The fraction of sp³-hybridized carbons (Fsp3) is 0.716. The monoisotopic (exact) mass is 1110 g/mol. The number of hydrogen-bond acceptors (Lipinski definition) is 6. The summed E-state index contributed by atoms with van der Waals surface area (Å²) in [5, 5.41) is 0. The van der Waals surface area contributed by atoms with Crippen molar-refractivity contribution in [2.24, 2.45) is 0 Å². The molecule has 0 fully saturated rings. The molecule has 0 bridgehead atoms. The summed E-state index contributed by atoms with van der Waals surface area (Å²) in [5.74, 6) is -0.898. The molecule has 0 spiro atoms. The summed E-state index contributed by atoms with van der Waals surface area (Å²) >= 11 is 0. The predicted octanol–water partition coefficient (Wildman–Crippen LogP) is 23.4. The molecule has 0 rings (SSSR count). The van der Waals surface area contributed by atoms with E-state index in [1.165, 1.54) is 167 Å². The van der Waals surface area contributed by atoms with Crippen LogP contribution in [0.4, 0.5) is 0 Å². The van der Waals surface area contributed by atoms with Crippen LogP contribution in [0.15, 0.2) is 109 Å². The van der Waals surface area contributed by atoms with Gasteiger partial charge in [0.15, 0.2) is 6.10 Å². The summed E-state index contributed by atoms with van der Waals surface area (Å²) in [6.45, 7) is 6.51. The minimum Gasteiger partial charge on any atom is -0.462 e. The van der Waals surface area contributed by atoms with Crippen LogP contribution in [0.1, 0.15) is 323 Å². The van der Waals surface area contributed by atoms with Crippen molar-refractivity contribution in [2.45, 2.75) is 329 Å². The van der Waals surface area contributed by atoms with Crippen molar-refractivity contribution in [3.8, 4) is 0 Å². The van der Waals surface area contributed by atoms with Crippen molar-refractivity contribution in [1.29, 1.82) is 0 Å². The third kappa shape index (κ3) is 64.9. The van der Waals surface area contributed by atoms with Crippen molar-refractivity contribution >= 4 is 17.9 Å². The number of carbonyl (C=O) groups is 3. The van der Waals surface area contributed by atoms with E-state index in [0.717, 1.165) is 116 Å². The topological polar surface area (TPSA) is 78.9 Å². The smallest absolute Gasteiger partial charge is 0.306 e. The summed E-state index contributed by atoms with van der Waals surface area (Å²) in [4.78, 5) is 38.4. The minimum atomic E-state index is -0.790. The summed E-state index contributed by atoms with van der Waals surface area (Å²) in [6, 6.07) is 0. The van der Waals surface area contributed by atoms with E-state index in [4.69, 9.17) is 14.2 Å². The molecule has 0 N–H and O–H groups in total. The quantitative estimate of drug-likeness (QED) is 0.0261. The Morgan fingerprint density at radius 3 is 0.800 bits per heavy atom. The molecule has 0 heterocycles. The molecular formula is C74H126O6. The van der Waals surface area contributed by atoms with Crippen molar-refractivity contribution in [3.05, 3.63) is 109 Å². The first-order valence-electron chi connectivity index (χ1n) is 33.9. The standard InChI is InChI=1S/C74H126O6/c1-4-7-10-13-16-19-22-25-28-30-32-33-34-35-36-37-38-39-40-41-42-44-46-49-52-55-58-61-64-67-73(76)79-70-71(69-78-72(75)66-63-60-57-54-51-48-45-27-24-21-18-15-12-9-6-3)80-74(77)68-65-62-59-56-53-50-47-43-31-29-26-23-20-17-14-11-8-5-2/h7,10,16,18-19,21,25,27-29,31-33,35-36,38-39,45,71H,4-6,8-9,11-15,17,20,22-24,26,30,34,37,40-44,46-70H2,1-3H3/b10-7-,19-16-,21-18-,28-25-,31-29-,33-32-,36-35-,39-38-,45-27-. The summed E-state index contributed by atoms with van der Waals surface area (Å²) in [5.41, 5.74) is 0. The van der Waals surface area contributed by atoms with Gasteiger partial charge < -0.3 is 14.2 Å². The lowest BCUT2D eigenvalue weighted by molar-refractivity contribution is -0.167. The zero-order chi connectivity index (χ0) is 57.8. The van der Waals surface area contributed by atoms with Crippen LogP contribution in [-0.2, 0) is 28.6 Å². The van der Waals surface area contributed by atoms with Gasteiger partial charge in [0.2, 0.25) is 0 Å². The molecule has 0 aliphatic heterocycles. The van der Waals surface area contributed by atoms with Gasteiger partial charge in [-0.25, -0.2) is 0 Å². The van der Waals surface area contributed by atoms with Gasteiger partial charge in [0.25, 0.3) is 0 Å².